The molecule has 5 nitrogen and oxygen atoms in total. The Morgan fingerprint density at radius 1 is 1.07 bits per heavy atom. The molecule has 138 valence electrons. The smallest absolute Gasteiger partial charge is 0.273 e. The van der Waals surface area contributed by atoms with Crippen molar-refractivity contribution in [1.29, 1.82) is 0 Å². The molecule has 3 aromatic rings. The van der Waals surface area contributed by atoms with Gasteiger partial charge in [0.1, 0.15) is 10.7 Å². The van der Waals surface area contributed by atoms with Crippen molar-refractivity contribution in [3.05, 3.63) is 71.0 Å². The molecular weight excluding hydrogens is 356 g/mol. The molecule has 0 bridgehead atoms. The Morgan fingerprint density at radius 3 is 2.56 bits per heavy atom. The summed E-state index contributed by atoms with van der Waals surface area (Å²) in [6, 6.07) is 14.2. The summed E-state index contributed by atoms with van der Waals surface area (Å²) in [7, 11) is 0. The van der Waals surface area contributed by atoms with E-state index in [1.54, 1.807) is 0 Å². The summed E-state index contributed by atoms with van der Waals surface area (Å²) in [5.74, 6) is 0.0297. The molecule has 0 aliphatic carbocycles. The Morgan fingerprint density at radius 2 is 1.85 bits per heavy atom. The van der Waals surface area contributed by atoms with Gasteiger partial charge in [-0.05, 0) is 19.1 Å². The van der Waals surface area contributed by atoms with Gasteiger partial charge >= 0.3 is 0 Å². The Bertz CT molecular complexity index is 899. The topological polar surface area (TPSA) is 49.3 Å². The second kappa shape index (κ2) is 7.98. The molecular formula is C21H22N4OS. The third kappa shape index (κ3) is 4.23. The van der Waals surface area contributed by atoms with Gasteiger partial charge in [-0.3, -0.25) is 14.7 Å². The maximum Gasteiger partial charge on any atom is 0.273 e. The monoisotopic (exact) mass is 378 g/mol. The lowest BCUT2D eigenvalue weighted by atomic mass is 10.2. The SMILES string of the molecule is Cc1ccc(-c2nc(C(=O)N3CCN(Cc4ccccn4)CC3)cs2)cc1. The van der Waals surface area contributed by atoms with Crippen LogP contribution in [-0.2, 0) is 6.54 Å². The van der Waals surface area contributed by atoms with Gasteiger partial charge in [0, 0.05) is 49.9 Å². The van der Waals surface area contributed by atoms with Crippen molar-refractivity contribution in [2.45, 2.75) is 13.5 Å². The second-order valence-electron chi connectivity index (χ2n) is 6.79. The molecule has 1 fully saturated rings. The normalized spacial score (nSPS) is 15.1. The van der Waals surface area contributed by atoms with E-state index in [1.807, 2.05) is 34.7 Å². The number of benzene rings is 1. The van der Waals surface area contributed by atoms with E-state index in [-0.39, 0.29) is 5.91 Å². The lowest BCUT2D eigenvalue weighted by molar-refractivity contribution is 0.0622. The second-order valence-corrected chi connectivity index (χ2v) is 7.65. The number of aromatic nitrogens is 2. The van der Waals surface area contributed by atoms with Crippen LogP contribution in [0.25, 0.3) is 10.6 Å². The predicted molar refractivity (Wildman–Crippen MR) is 108 cm³/mol. The summed E-state index contributed by atoms with van der Waals surface area (Å²) in [6.07, 6.45) is 1.82. The molecule has 0 saturated carbocycles. The van der Waals surface area contributed by atoms with Gasteiger partial charge in [0.25, 0.3) is 5.91 Å². The molecule has 6 heteroatoms. The van der Waals surface area contributed by atoms with Crippen LogP contribution < -0.4 is 0 Å². The van der Waals surface area contributed by atoms with Crippen LogP contribution in [0.4, 0.5) is 0 Å². The number of amides is 1. The highest BCUT2D eigenvalue weighted by Gasteiger charge is 2.24. The molecule has 0 spiro atoms. The average Bonchev–Trinajstić information content (AvgIpc) is 3.20. The van der Waals surface area contributed by atoms with E-state index >= 15 is 0 Å². The van der Waals surface area contributed by atoms with Crippen molar-refractivity contribution in [2.75, 3.05) is 26.2 Å². The first kappa shape index (κ1) is 17.8. The maximum absolute atomic E-state index is 12.8. The fraction of sp³-hybridized carbons (Fsp3) is 0.286. The number of hydrogen-bond donors (Lipinski definition) is 0. The van der Waals surface area contributed by atoms with E-state index in [0.717, 1.165) is 49.0 Å². The van der Waals surface area contributed by atoms with E-state index in [9.17, 15) is 4.79 Å². The quantitative estimate of drug-likeness (QED) is 0.697. The van der Waals surface area contributed by atoms with Gasteiger partial charge in [-0.15, -0.1) is 11.3 Å². The molecule has 1 aliphatic heterocycles. The number of nitrogens with zero attached hydrogens (tertiary/aromatic N) is 4. The first-order chi connectivity index (χ1) is 13.2. The third-order valence-corrected chi connectivity index (χ3v) is 5.68. The van der Waals surface area contributed by atoms with Crippen LogP contribution in [0.3, 0.4) is 0 Å². The highest BCUT2D eigenvalue weighted by molar-refractivity contribution is 7.13. The van der Waals surface area contributed by atoms with Crippen molar-refractivity contribution in [2.24, 2.45) is 0 Å². The van der Waals surface area contributed by atoms with Crippen LogP contribution >= 0.6 is 11.3 Å². The Labute approximate surface area is 163 Å². The predicted octanol–water partition coefficient (Wildman–Crippen LogP) is 3.47. The summed E-state index contributed by atoms with van der Waals surface area (Å²) in [6.45, 7) is 6.06. The van der Waals surface area contributed by atoms with Gasteiger partial charge in [-0.1, -0.05) is 35.9 Å². The fourth-order valence-electron chi connectivity index (χ4n) is 3.19. The molecule has 0 atom stereocenters. The van der Waals surface area contributed by atoms with E-state index in [2.05, 4.69) is 46.1 Å². The number of aryl methyl sites for hydroxylation is 1. The van der Waals surface area contributed by atoms with E-state index in [0.29, 0.717) is 5.69 Å². The van der Waals surface area contributed by atoms with Crippen LogP contribution in [0.2, 0.25) is 0 Å². The Balaban J connectivity index is 1.36. The minimum absolute atomic E-state index is 0.0297. The number of hydrogen-bond acceptors (Lipinski definition) is 5. The molecule has 1 aromatic carbocycles. The zero-order valence-electron chi connectivity index (χ0n) is 15.3. The highest BCUT2D eigenvalue weighted by Crippen LogP contribution is 2.24. The van der Waals surface area contributed by atoms with Gasteiger partial charge in [-0.2, -0.15) is 0 Å². The molecule has 0 N–H and O–H groups in total. The number of piperazine rings is 1. The average molecular weight is 379 g/mol. The number of carbonyl (C=O) groups is 1. The summed E-state index contributed by atoms with van der Waals surface area (Å²) in [5.41, 5.74) is 3.90. The van der Waals surface area contributed by atoms with Gasteiger partial charge in [0.15, 0.2) is 0 Å². The standard InChI is InChI=1S/C21H22N4OS/c1-16-5-7-17(8-6-16)20-23-19(15-27-20)21(26)25-12-10-24(11-13-25)14-18-4-2-3-9-22-18/h2-9,15H,10-14H2,1H3. The number of carbonyl (C=O) groups excluding carboxylic acids is 1. The first-order valence-electron chi connectivity index (χ1n) is 9.13. The van der Waals surface area contributed by atoms with Crippen LogP contribution in [0.1, 0.15) is 21.7 Å². The largest absolute Gasteiger partial charge is 0.335 e. The summed E-state index contributed by atoms with van der Waals surface area (Å²) in [5, 5.41) is 2.77. The van der Waals surface area contributed by atoms with E-state index < -0.39 is 0 Å². The van der Waals surface area contributed by atoms with Crippen LogP contribution in [0.5, 0.6) is 0 Å². The number of pyridine rings is 1. The van der Waals surface area contributed by atoms with Gasteiger partial charge in [0.2, 0.25) is 0 Å². The third-order valence-electron chi connectivity index (χ3n) is 4.79. The minimum atomic E-state index is 0.0297. The molecule has 3 heterocycles. The van der Waals surface area contributed by atoms with Gasteiger partial charge in [-0.25, -0.2) is 4.98 Å². The van der Waals surface area contributed by atoms with Crippen molar-refractivity contribution < 1.29 is 4.79 Å². The highest BCUT2D eigenvalue weighted by atomic mass is 32.1. The molecule has 1 saturated heterocycles. The molecule has 0 unspecified atom stereocenters. The minimum Gasteiger partial charge on any atom is -0.335 e. The molecule has 27 heavy (non-hydrogen) atoms. The van der Waals surface area contributed by atoms with Crippen molar-refractivity contribution in [3.63, 3.8) is 0 Å². The Kier molecular flexibility index (Phi) is 5.27. The first-order valence-corrected chi connectivity index (χ1v) is 10.0. The molecule has 1 amide bonds. The molecule has 4 rings (SSSR count). The lowest BCUT2D eigenvalue weighted by Gasteiger charge is -2.34. The van der Waals surface area contributed by atoms with Gasteiger partial charge < -0.3 is 4.90 Å². The van der Waals surface area contributed by atoms with Crippen molar-refractivity contribution in [3.8, 4) is 10.6 Å². The zero-order chi connectivity index (χ0) is 18.6. The van der Waals surface area contributed by atoms with Crippen LogP contribution in [-0.4, -0.2) is 51.9 Å². The van der Waals surface area contributed by atoms with Crippen LogP contribution in [0.15, 0.2) is 54.0 Å². The molecule has 2 aromatic heterocycles. The Hall–Kier alpha value is -2.57. The molecule has 0 radical (unpaired) electrons. The summed E-state index contributed by atoms with van der Waals surface area (Å²) < 4.78 is 0. The van der Waals surface area contributed by atoms with Crippen molar-refractivity contribution in [1.82, 2.24) is 19.8 Å². The van der Waals surface area contributed by atoms with Crippen LogP contribution in [0, 0.1) is 6.92 Å². The van der Waals surface area contributed by atoms with Gasteiger partial charge in [0.05, 0.1) is 5.69 Å². The molecule has 1 aliphatic rings. The van der Waals surface area contributed by atoms with E-state index in [4.69, 9.17) is 0 Å². The zero-order valence-corrected chi connectivity index (χ0v) is 16.2. The fourth-order valence-corrected chi connectivity index (χ4v) is 3.99. The number of rotatable bonds is 4. The summed E-state index contributed by atoms with van der Waals surface area (Å²) >= 11 is 1.53. The summed E-state index contributed by atoms with van der Waals surface area (Å²) in [4.78, 5) is 26.0. The lowest BCUT2D eigenvalue weighted by Crippen LogP contribution is -2.48. The van der Waals surface area contributed by atoms with Crippen molar-refractivity contribution >= 4 is 17.2 Å². The maximum atomic E-state index is 12.8. The van der Waals surface area contributed by atoms with E-state index in [1.165, 1.54) is 16.9 Å². The number of thiazole rings is 1.